The molecule has 7 heteroatoms. The molecule has 1 rings (SSSR count). The van der Waals surface area contributed by atoms with Crippen LogP contribution in [-0.2, 0) is 16.4 Å². The highest BCUT2D eigenvalue weighted by atomic mass is 32.2. The lowest BCUT2D eigenvalue weighted by atomic mass is 10.2. The Balaban J connectivity index is 2.47. The summed E-state index contributed by atoms with van der Waals surface area (Å²) in [5.41, 5.74) is 0.596. The highest BCUT2D eigenvalue weighted by Gasteiger charge is 2.14. The van der Waals surface area contributed by atoms with E-state index in [-0.39, 0.29) is 18.2 Å². The van der Waals surface area contributed by atoms with E-state index < -0.39 is 10.0 Å². The summed E-state index contributed by atoms with van der Waals surface area (Å²) in [6, 6.07) is 1.83. The van der Waals surface area contributed by atoms with Crippen LogP contribution in [-0.4, -0.2) is 45.0 Å². The van der Waals surface area contributed by atoms with Gasteiger partial charge in [-0.15, -0.1) is 11.3 Å². The van der Waals surface area contributed by atoms with E-state index in [1.165, 1.54) is 25.4 Å². The Morgan fingerprint density at radius 1 is 1.44 bits per heavy atom. The largest absolute Gasteiger partial charge is 0.351 e. The Bertz CT molecular complexity index is 506. The zero-order valence-electron chi connectivity index (χ0n) is 10.8. The van der Waals surface area contributed by atoms with Crippen molar-refractivity contribution < 1.29 is 13.2 Å². The summed E-state index contributed by atoms with van der Waals surface area (Å²) in [6.45, 7) is 2.15. The normalized spacial score (nSPS) is 11.8. The Morgan fingerprint density at radius 3 is 2.61 bits per heavy atom. The molecule has 5 nitrogen and oxygen atoms in total. The first-order chi connectivity index (χ1) is 8.36. The van der Waals surface area contributed by atoms with Crippen molar-refractivity contribution in [1.29, 1.82) is 0 Å². The fourth-order valence-electron chi connectivity index (χ4n) is 1.26. The number of rotatable bonds is 6. The molecule has 0 saturated carbocycles. The monoisotopic (exact) mass is 290 g/mol. The van der Waals surface area contributed by atoms with E-state index in [2.05, 4.69) is 5.32 Å². The number of hydrogen-bond acceptors (Lipinski definition) is 4. The number of amides is 1. The van der Waals surface area contributed by atoms with E-state index in [4.69, 9.17) is 0 Å². The predicted molar refractivity (Wildman–Crippen MR) is 73.5 cm³/mol. The molecule has 18 heavy (non-hydrogen) atoms. The average molecular weight is 290 g/mol. The molecule has 0 atom stereocenters. The molecule has 0 saturated heterocycles. The quantitative estimate of drug-likeness (QED) is 0.847. The molecule has 0 fully saturated rings. The standard InChI is InChI=1S/C11H18N2O3S2/c1-4-10-7-9(8-17-10)11(14)12-5-6-18(15,16)13(2)3/h7-8H,4-6H2,1-3H3,(H,12,14). The van der Waals surface area contributed by atoms with Gasteiger partial charge in [0.2, 0.25) is 10.0 Å². The molecule has 0 aliphatic heterocycles. The number of aryl methyl sites for hydroxylation is 1. The maximum absolute atomic E-state index is 11.7. The van der Waals surface area contributed by atoms with Crippen LogP contribution in [0.3, 0.4) is 0 Å². The smallest absolute Gasteiger partial charge is 0.252 e. The second-order valence-electron chi connectivity index (χ2n) is 4.01. The third kappa shape index (κ3) is 4.08. The lowest BCUT2D eigenvalue weighted by Crippen LogP contribution is -2.33. The summed E-state index contributed by atoms with van der Waals surface area (Å²) < 4.78 is 24.1. The first-order valence-electron chi connectivity index (χ1n) is 5.62. The van der Waals surface area contributed by atoms with Gasteiger partial charge in [-0.25, -0.2) is 12.7 Å². The molecule has 0 aliphatic rings. The van der Waals surface area contributed by atoms with Gasteiger partial charge in [0.05, 0.1) is 11.3 Å². The number of sulfonamides is 1. The zero-order valence-corrected chi connectivity index (χ0v) is 12.4. The Hall–Kier alpha value is -0.920. The Morgan fingerprint density at radius 2 is 2.11 bits per heavy atom. The first kappa shape index (κ1) is 15.1. The maximum Gasteiger partial charge on any atom is 0.252 e. The SMILES string of the molecule is CCc1cc(C(=O)NCCS(=O)(=O)N(C)C)cs1. The van der Waals surface area contributed by atoms with Crippen LogP contribution < -0.4 is 5.32 Å². The van der Waals surface area contributed by atoms with E-state index >= 15 is 0 Å². The molecule has 0 spiro atoms. The number of nitrogens with zero attached hydrogens (tertiary/aromatic N) is 1. The van der Waals surface area contributed by atoms with Crippen molar-refractivity contribution >= 4 is 27.3 Å². The minimum absolute atomic E-state index is 0.0868. The van der Waals surface area contributed by atoms with Crippen molar-refractivity contribution in [3.63, 3.8) is 0 Å². The van der Waals surface area contributed by atoms with Gasteiger partial charge in [-0.05, 0) is 12.5 Å². The molecule has 0 aromatic carbocycles. The summed E-state index contributed by atoms with van der Waals surface area (Å²) in [4.78, 5) is 12.9. The highest BCUT2D eigenvalue weighted by Crippen LogP contribution is 2.14. The Kier molecular flexibility index (Phi) is 5.30. The van der Waals surface area contributed by atoms with Crippen molar-refractivity contribution in [3.05, 3.63) is 21.9 Å². The second-order valence-corrected chi connectivity index (χ2v) is 7.31. The van der Waals surface area contributed by atoms with Crippen molar-refractivity contribution in [2.75, 3.05) is 26.4 Å². The summed E-state index contributed by atoms with van der Waals surface area (Å²) in [7, 11) is -0.303. The van der Waals surface area contributed by atoms with Gasteiger partial charge in [-0.2, -0.15) is 0 Å². The van der Waals surface area contributed by atoms with Gasteiger partial charge in [0.15, 0.2) is 0 Å². The van der Waals surface area contributed by atoms with E-state index in [9.17, 15) is 13.2 Å². The zero-order chi connectivity index (χ0) is 13.8. The molecule has 102 valence electrons. The van der Waals surface area contributed by atoms with Crippen molar-refractivity contribution in [3.8, 4) is 0 Å². The molecule has 0 aliphatic carbocycles. The van der Waals surface area contributed by atoms with Gasteiger partial charge in [-0.1, -0.05) is 6.92 Å². The number of carbonyl (C=O) groups is 1. The van der Waals surface area contributed by atoms with Gasteiger partial charge in [0, 0.05) is 30.9 Å². The fraction of sp³-hybridized carbons (Fsp3) is 0.545. The first-order valence-corrected chi connectivity index (χ1v) is 8.11. The summed E-state index contributed by atoms with van der Waals surface area (Å²) >= 11 is 1.53. The minimum atomic E-state index is -3.25. The molecular formula is C11H18N2O3S2. The molecule has 1 aromatic rings. The molecular weight excluding hydrogens is 272 g/mol. The summed E-state index contributed by atoms with van der Waals surface area (Å²) in [5, 5.41) is 4.40. The lowest BCUT2D eigenvalue weighted by Gasteiger charge is -2.11. The molecule has 1 aromatic heterocycles. The van der Waals surface area contributed by atoms with E-state index in [1.807, 2.05) is 13.0 Å². The number of carbonyl (C=O) groups excluding carboxylic acids is 1. The van der Waals surface area contributed by atoms with Gasteiger partial charge >= 0.3 is 0 Å². The van der Waals surface area contributed by atoms with Crippen LogP contribution in [0.1, 0.15) is 22.2 Å². The number of nitrogens with one attached hydrogen (secondary N) is 1. The summed E-state index contributed by atoms with van der Waals surface area (Å²) in [6.07, 6.45) is 0.896. The van der Waals surface area contributed by atoms with Crippen molar-refractivity contribution in [1.82, 2.24) is 9.62 Å². The van der Waals surface area contributed by atoms with Crippen LogP contribution >= 0.6 is 11.3 Å². The molecule has 1 amide bonds. The molecule has 0 radical (unpaired) electrons. The van der Waals surface area contributed by atoms with Gasteiger partial charge < -0.3 is 5.32 Å². The average Bonchev–Trinajstić information content (AvgIpc) is 2.76. The molecule has 0 bridgehead atoms. The molecule has 1 heterocycles. The third-order valence-corrected chi connectivity index (χ3v) is 5.38. The van der Waals surface area contributed by atoms with Crippen LogP contribution in [0.5, 0.6) is 0 Å². The fourth-order valence-corrected chi connectivity index (χ4v) is 2.80. The van der Waals surface area contributed by atoms with Crippen molar-refractivity contribution in [2.45, 2.75) is 13.3 Å². The second kappa shape index (κ2) is 6.31. The van der Waals surface area contributed by atoms with E-state index in [1.54, 1.807) is 5.38 Å². The molecule has 0 unspecified atom stereocenters. The van der Waals surface area contributed by atoms with Gasteiger partial charge in [0.25, 0.3) is 5.91 Å². The van der Waals surface area contributed by atoms with Crippen LogP contribution in [0.4, 0.5) is 0 Å². The predicted octanol–water partition coefficient (Wildman–Crippen LogP) is 0.932. The maximum atomic E-state index is 11.7. The van der Waals surface area contributed by atoms with Crippen LogP contribution in [0.15, 0.2) is 11.4 Å². The van der Waals surface area contributed by atoms with Crippen LogP contribution in [0, 0.1) is 0 Å². The third-order valence-electron chi connectivity index (χ3n) is 2.47. The highest BCUT2D eigenvalue weighted by molar-refractivity contribution is 7.89. The van der Waals surface area contributed by atoms with Gasteiger partial charge in [-0.3, -0.25) is 4.79 Å². The summed E-state index contributed by atoms with van der Waals surface area (Å²) in [5.74, 6) is -0.309. The van der Waals surface area contributed by atoms with E-state index in [0.717, 1.165) is 15.6 Å². The topological polar surface area (TPSA) is 66.5 Å². The Labute approximate surface area is 112 Å². The lowest BCUT2D eigenvalue weighted by molar-refractivity contribution is 0.0956. The van der Waals surface area contributed by atoms with Crippen molar-refractivity contribution in [2.24, 2.45) is 0 Å². The van der Waals surface area contributed by atoms with Gasteiger partial charge in [0.1, 0.15) is 0 Å². The number of hydrogen-bond donors (Lipinski definition) is 1. The van der Waals surface area contributed by atoms with Crippen LogP contribution in [0.2, 0.25) is 0 Å². The molecule has 1 N–H and O–H groups in total. The van der Waals surface area contributed by atoms with Crippen LogP contribution in [0.25, 0.3) is 0 Å². The number of thiophene rings is 1. The van der Waals surface area contributed by atoms with E-state index in [0.29, 0.717) is 5.56 Å². The minimum Gasteiger partial charge on any atom is -0.351 e.